The second kappa shape index (κ2) is 60.4. The van der Waals surface area contributed by atoms with E-state index < -0.39 is 36.9 Å². The number of amides is 1. The summed E-state index contributed by atoms with van der Waals surface area (Å²) in [4.78, 5) is 12.6. The molecule has 0 bridgehead atoms. The highest BCUT2D eigenvalue weighted by Crippen LogP contribution is 2.19. The Labute approximate surface area is 449 Å². The highest BCUT2D eigenvalue weighted by Gasteiger charge is 2.28. The molecule has 0 aliphatic heterocycles. The van der Waals surface area contributed by atoms with E-state index in [0.717, 1.165) is 51.4 Å². The number of unbranched alkanes of at least 4 members (excludes halogenated alkanes) is 45. The standard InChI is InChI=1S/C66H127NO5/c1-3-5-7-9-11-13-15-17-19-21-23-25-27-29-31-32-34-36-38-40-42-44-46-48-50-52-54-56-58-60-64(70)66(72)67-62(61-68)65(71)63(69)59-57-55-53-51-49-47-45-43-41-39-37-35-33-30-28-26-24-22-20-18-16-14-12-10-8-6-4-2/h35,37,43,45,51,53,62-65,68-71H,3-34,36,38-42,44,46-50,52,54-61H2,1-2H3,(H,67,72)/b37-35+,45-43+,53-51+. The lowest BCUT2D eigenvalue weighted by Crippen LogP contribution is -2.53. The first kappa shape index (κ1) is 70.5. The molecule has 72 heavy (non-hydrogen) atoms. The Bertz CT molecular complexity index is 1140. The number of aliphatic hydroxyl groups excluding tert-OH is 4. The van der Waals surface area contributed by atoms with E-state index in [1.54, 1.807) is 0 Å². The fraction of sp³-hybridized carbons (Fsp3) is 0.894. The highest BCUT2D eigenvalue weighted by atomic mass is 16.3. The molecular weight excluding hydrogens is 887 g/mol. The monoisotopic (exact) mass is 1010 g/mol. The van der Waals surface area contributed by atoms with Crippen LogP contribution in [0, 0.1) is 0 Å². The first-order valence-electron chi connectivity index (χ1n) is 32.4. The van der Waals surface area contributed by atoms with Crippen molar-refractivity contribution in [3.63, 3.8) is 0 Å². The smallest absolute Gasteiger partial charge is 0.249 e. The molecule has 5 N–H and O–H groups in total. The van der Waals surface area contributed by atoms with E-state index in [2.05, 4.69) is 55.6 Å². The van der Waals surface area contributed by atoms with Gasteiger partial charge in [0.15, 0.2) is 0 Å². The van der Waals surface area contributed by atoms with Gasteiger partial charge in [-0.15, -0.1) is 0 Å². The summed E-state index contributed by atoms with van der Waals surface area (Å²) < 4.78 is 0. The van der Waals surface area contributed by atoms with Gasteiger partial charge in [0.1, 0.15) is 12.2 Å². The highest BCUT2D eigenvalue weighted by molar-refractivity contribution is 5.80. The molecule has 0 aliphatic rings. The Morgan fingerprint density at radius 2 is 0.583 bits per heavy atom. The van der Waals surface area contributed by atoms with Crippen LogP contribution in [0.2, 0.25) is 0 Å². The van der Waals surface area contributed by atoms with Crippen LogP contribution >= 0.6 is 0 Å². The van der Waals surface area contributed by atoms with Gasteiger partial charge in [0.25, 0.3) is 0 Å². The van der Waals surface area contributed by atoms with Gasteiger partial charge in [0.2, 0.25) is 5.91 Å². The van der Waals surface area contributed by atoms with Crippen molar-refractivity contribution in [2.75, 3.05) is 6.61 Å². The summed E-state index contributed by atoms with van der Waals surface area (Å²) in [5, 5.41) is 44.1. The minimum Gasteiger partial charge on any atom is -0.394 e. The predicted molar refractivity (Wildman–Crippen MR) is 316 cm³/mol. The molecule has 426 valence electrons. The fourth-order valence-corrected chi connectivity index (χ4v) is 10.3. The van der Waals surface area contributed by atoms with Crippen molar-refractivity contribution in [3.8, 4) is 0 Å². The maximum absolute atomic E-state index is 12.6. The Kier molecular flexibility index (Phi) is 59.2. The molecule has 0 saturated carbocycles. The van der Waals surface area contributed by atoms with Crippen LogP contribution < -0.4 is 5.32 Å². The van der Waals surface area contributed by atoms with Crippen LogP contribution in [0.15, 0.2) is 36.5 Å². The van der Waals surface area contributed by atoms with Gasteiger partial charge >= 0.3 is 0 Å². The van der Waals surface area contributed by atoms with Crippen molar-refractivity contribution in [1.29, 1.82) is 0 Å². The molecule has 0 radical (unpaired) electrons. The van der Waals surface area contributed by atoms with Gasteiger partial charge in [-0.1, -0.05) is 320 Å². The molecule has 0 fully saturated rings. The average Bonchev–Trinajstić information content (AvgIpc) is 3.39. The summed E-state index contributed by atoms with van der Waals surface area (Å²) in [6.45, 7) is 4.09. The molecule has 0 aromatic carbocycles. The van der Waals surface area contributed by atoms with Crippen LogP contribution in [-0.4, -0.2) is 57.3 Å². The predicted octanol–water partition coefficient (Wildman–Crippen LogP) is 19.5. The maximum atomic E-state index is 12.6. The number of hydrogen-bond acceptors (Lipinski definition) is 5. The number of hydrogen-bond donors (Lipinski definition) is 5. The zero-order valence-corrected chi connectivity index (χ0v) is 48.4. The Hall–Kier alpha value is -1.47. The van der Waals surface area contributed by atoms with E-state index in [1.807, 2.05) is 0 Å². The van der Waals surface area contributed by atoms with Crippen molar-refractivity contribution < 1.29 is 25.2 Å². The van der Waals surface area contributed by atoms with Crippen LogP contribution in [0.5, 0.6) is 0 Å². The molecular formula is C66H127NO5. The van der Waals surface area contributed by atoms with Crippen LogP contribution in [-0.2, 0) is 4.79 Å². The molecule has 0 rings (SSSR count). The molecule has 6 heteroatoms. The molecule has 0 aromatic rings. The van der Waals surface area contributed by atoms with Gasteiger partial charge in [-0.3, -0.25) is 4.79 Å². The van der Waals surface area contributed by atoms with E-state index in [0.29, 0.717) is 19.3 Å². The van der Waals surface area contributed by atoms with Crippen molar-refractivity contribution in [3.05, 3.63) is 36.5 Å². The SMILES string of the molecule is CCCCCCCCCCCCCCCC/C=C/CC/C=C/CC/C=C/CCCC(O)C(O)C(CO)NC(=O)C(O)CCCCCCCCCCCCCCCCCCCCCCCCCCCCCCC. The quantitative estimate of drug-likeness (QED) is 0.0308. The van der Waals surface area contributed by atoms with E-state index in [-0.39, 0.29) is 0 Å². The largest absolute Gasteiger partial charge is 0.394 e. The van der Waals surface area contributed by atoms with Gasteiger partial charge in [0, 0.05) is 0 Å². The summed E-state index contributed by atoms with van der Waals surface area (Å²) in [5.41, 5.74) is 0. The third-order valence-electron chi connectivity index (χ3n) is 15.3. The number of rotatable bonds is 60. The van der Waals surface area contributed by atoms with Crippen LogP contribution in [0.4, 0.5) is 0 Å². The third-order valence-corrected chi connectivity index (χ3v) is 15.3. The number of carbonyl (C=O) groups excluding carboxylic acids is 1. The fourth-order valence-electron chi connectivity index (χ4n) is 10.3. The molecule has 0 aromatic heterocycles. The summed E-state index contributed by atoms with van der Waals surface area (Å²) in [7, 11) is 0. The first-order chi connectivity index (χ1) is 35.5. The zero-order chi connectivity index (χ0) is 52.3. The van der Waals surface area contributed by atoms with Crippen molar-refractivity contribution in [2.45, 2.75) is 372 Å². The molecule has 4 atom stereocenters. The maximum Gasteiger partial charge on any atom is 0.249 e. The lowest BCUT2D eigenvalue weighted by molar-refractivity contribution is -0.132. The first-order valence-corrected chi connectivity index (χ1v) is 32.4. The number of carbonyl (C=O) groups is 1. The van der Waals surface area contributed by atoms with Gasteiger partial charge in [-0.25, -0.2) is 0 Å². The van der Waals surface area contributed by atoms with Gasteiger partial charge in [0.05, 0.1) is 18.8 Å². The lowest BCUT2D eigenvalue weighted by Gasteiger charge is -2.27. The summed E-state index contributed by atoms with van der Waals surface area (Å²) >= 11 is 0. The molecule has 1 amide bonds. The second-order valence-electron chi connectivity index (χ2n) is 22.4. The Balaban J connectivity index is 3.63. The summed E-state index contributed by atoms with van der Waals surface area (Å²) in [6, 6.07) is -1.01. The van der Waals surface area contributed by atoms with Gasteiger partial charge < -0.3 is 25.7 Å². The lowest BCUT2D eigenvalue weighted by atomic mass is 10.00. The van der Waals surface area contributed by atoms with Gasteiger partial charge in [-0.05, 0) is 64.2 Å². The van der Waals surface area contributed by atoms with E-state index in [1.165, 1.54) is 263 Å². The molecule has 0 aliphatic carbocycles. The Morgan fingerprint density at radius 1 is 0.333 bits per heavy atom. The minimum absolute atomic E-state index is 0.362. The summed E-state index contributed by atoms with van der Waals surface area (Å²) in [6.07, 6.45) is 76.8. The number of aliphatic hydroxyl groups is 4. The molecule has 0 saturated heterocycles. The zero-order valence-electron chi connectivity index (χ0n) is 48.4. The second-order valence-corrected chi connectivity index (χ2v) is 22.4. The van der Waals surface area contributed by atoms with E-state index in [9.17, 15) is 25.2 Å². The van der Waals surface area contributed by atoms with Crippen LogP contribution in [0.3, 0.4) is 0 Å². The van der Waals surface area contributed by atoms with E-state index >= 15 is 0 Å². The summed E-state index contributed by atoms with van der Waals surface area (Å²) in [5.74, 6) is -0.593. The topological polar surface area (TPSA) is 110 Å². The van der Waals surface area contributed by atoms with Crippen LogP contribution in [0.25, 0.3) is 0 Å². The molecule has 6 nitrogen and oxygen atoms in total. The molecule has 0 spiro atoms. The number of allylic oxidation sites excluding steroid dienone is 6. The van der Waals surface area contributed by atoms with Crippen molar-refractivity contribution in [2.24, 2.45) is 0 Å². The normalized spacial score (nSPS) is 13.8. The molecule has 4 unspecified atom stereocenters. The van der Waals surface area contributed by atoms with Crippen LogP contribution in [0.1, 0.15) is 348 Å². The number of nitrogens with one attached hydrogen (secondary N) is 1. The van der Waals surface area contributed by atoms with E-state index in [4.69, 9.17) is 0 Å². The van der Waals surface area contributed by atoms with Crippen molar-refractivity contribution >= 4 is 5.91 Å². The average molecular weight is 1010 g/mol. The van der Waals surface area contributed by atoms with Gasteiger partial charge in [-0.2, -0.15) is 0 Å². The molecule has 0 heterocycles. The minimum atomic E-state index is -1.29. The Morgan fingerprint density at radius 3 is 0.875 bits per heavy atom. The third kappa shape index (κ3) is 53.4. The van der Waals surface area contributed by atoms with Crippen molar-refractivity contribution in [1.82, 2.24) is 5.32 Å².